The number of aromatic amines is 2. The van der Waals surface area contributed by atoms with Gasteiger partial charge in [-0.3, -0.25) is 9.88 Å². The van der Waals surface area contributed by atoms with E-state index in [9.17, 15) is 17.6 Å². The first kappa shape index (κ1) is 16.3. The van der Waals surface area contributed by atoms with E-state index in [4.69, 9.17) is 0 Å². The molecule has 1 heterocycles. The molecule has 1 aromatic heterocycles. The minimum atomic E-state index is -3.85. The summed E-state index contributed by atoms with van der Waals surface area (Å²) in [6.45, 7) is 0.714. The molecule has 0 amide bonds. The second-order valence-electron chi connectivity index (χ2n) is 4.77. The fourth-order valence-corrected chi connectivity index (χ4v) is 2.82. The first-order valence-electron chi connectivity index (χ1n) is 6.36. The molecular weight excluding hydrogens is 313 g/mol. The van der Waals surface area contributed by atoms with Gasteiger partial charge in [-0.15, -0.1) is 0 Å². The van der Waals surface area contributed by atoms with Crippen molar-refractivity contribution in [2.45, 2.75) is 18.0 Å². The van der Waals surface area contributed by atoms with Gasteiger partial charge in [-0.1, -0.05) is 6.07 Å². The maximum Gasteiger partial charge on any atom is 0.340 e. The normalized spacial score (nSPS) is 12.0. The van der Waals surface area contributed by atoms with Gasteiger partial charge in [0.15, 0.2) is 0 Å². The van der Waals surface area contributed by atoms with Gasteiger partial charge in [0.1, 0.15) is 16.5 Å². The maximum atomic E-state index is 13.7. The second-order valence-corrected chi connectivity index (χ2v) is 6.62. The largest absolute Gasteiger partial charge is 0.340 e. The van der Waals surface area contributed by atoms with Gasteiger partial charge in [0.25, 0.3) is 0 Å². The van der Waals surface area contributed by atoms with Crippen LogP contribution in [0.2, 0.25) is 0 Å². The van der Waals surface area contributed by atoms with Crippen molar-refractivity contribution in [1.82, 2.24) is 24.8 Å². The zero-order valence-electron chi connectivity index (χ0n) is 12.1. The number of nitrogens with zero attached hydrogens (tertiary/aromatic N) is 2. The van der Waals surface area contributed by atoms with Gasteiger partial charge in [0, 0.05) is 6.54 Å². The van der Waals surface area contributed by atoms with Crippen LogP contribution in [0.1, 0.15) is 11.4 Å². The number of sulfonamides is 1. The fourth-order valence-electron chi connectivity index (χ4n) is 1.97. The average molecular weight is 329 g/mol. The third kappa shape index (κ3) is 3.78. The number of benzene rings is 1. The molecule has 2 aromatic rings. The summed E-state index contributed by atoms with van der Waals surface area (Å²) in [5.41, 5.74) is 0.225. The van der Waals surface area contributed by atoms with Crippen LogP contribution in [-0.4, -0.2) is 42.6 Å². The highest BCUT2D eigenvalue weighted by Gasteiger charge is 2.18. The quantitative estimate of drug-likeness (QED) is 0.678. The lowest BCUT2D eigenvalue weighted by atomic mass is 10.2. The Bertz CT molecular complexity index is 814. The molecule has 0 aliphatic heterocycles. The zero-order valence-corrected chi connectivity index (χ0v) is 12.9. The summed E-state index contributed by atoms with van der Waals surface area (Å²) in [4.78, 5) is 14.9. The molecule has 0 aliphatic rings. The lowest BCUT2D eigenvalue weighted by molar-refractivity contribution is 0.310. The molecule has 10 heteroatoms. The van der Waals surface area contributed by atoms with Crippen LogP contribution in [0.4, 0.5) is 4.39 Å². The summed E-state index contributed by atoms with van der Waals surface area (Å²) in [6.07, 6.45) is 0. The van der Waals surface area contributed by atoms with Crippen molar-refractivity contribution in [2.75, 3.05) is 14.1 Å². The second kappa shape index (κ2) is 6.38. The van der Waals surface area contributed by atoms with Crippen molar-refractivity contribution in [3.05, 3.63) is 45.9 Å². The Labute approximate surface area is 126 Å². The number of rotatable bonds is 6. The highest BCUT2D eigenvalue weighted by atomic mass is 32.2. The number of nitrogens with one attached hydrogen (secondary N) is 3. The molecule has 2 rings (SSSR count). The van der Waals surface area contributed by atoms with Crippen LogP contribution in [0.15, 0.2) is 27.9 Å². The number of halogens is 1. The van der Waals surface area contributed by atoms with Gasteiger partial charge in [-0.2, -0.15) is 5.10 Å². The van der Waals surface area contributed by atoms with Crippen molar-refractivity contribution in [1.29, 1.82) is 0 Å². The van der Waals surface area contributed by atoms with E-state index >= 15 is 0 Å². The molecule has 0 radical (unpaired) electrons. The SMILES string of the molecule is CNS(=O)(=O)c1cc(CN(C)Cc2n[nH]c(=O)[nH]2)ccc1F. The van der Waals surface area contributed by atoms with E-state index in [-0.39, 0.29) is 0 Å². The number of aromatic nitrogens is 3. The van der Waals surface area contributed by atoms with Crippen LogP contribution in [0.3, 0.4) is 0 Å². The molecular formula is C12H16FN5O3S. The van der Waals surface area contributed by atoms with Crippen molar-refractivity contribution < 1.29 is 12.8 Å². The summed E-state index contributed by atoms with van der Waals surface area (Å²) >= 11 is 0. The van der Waals surface area contributed by atoms with Crippen molar-refractivity contribution >= 4 is 10.0 Å². The Morgan fingerprint density at radius 1 is 1.36 bits per heavy atom. The van der Waals surface area contributed by atoms with Crippen LogP contribution < -0.4 is 10.4 Å². The summed E-state index contributed by atoms with van der Waals surface area (Å²) < 4.78 is 39.2. The zero-order chi connectivity index (χ0) is 16.3. The molecule has 0 spiro atoms. The van der Waals surface area contributed by atoms with E-state index in [0.717, 1.165) is 6.07 Å². The average Bonchev–Trinajstić information content (AvgIpc) is 2.86. The first-order valence-corrected chi connectivity index (χ1v) is 7.84. The van der Waals surface area contributed by atoms with E-state index in [1.807, 2.05) is 0 Å². The third-order valence-electron chi connectivity index (χ3n) is 2.98. The fraction of sp³-hybridized carbons (Fsp3) is 0.333. The molecule has 1 aromatic carbocycles. The van der Waals surface area contributed by atoms with Gasteiger partial charge >= 0.3 is 5.69 Å². The Kier molecular flexibility index (Phi) is 4.74. The van der Waals surface area contributed by atoms with Gasteiger partial charge in [-0.05, 0) is 31.8 Å². The van der Waals surface area contributed by atoms with Crippen LogP contribution >= 0.6 is 0 Å². The third-order valence-corrected chi connectivity index (χ3v) is 4.41. The molecule has 0 fully saturated rings. The Hall–Kier alpha value is -2.04. The number of hydrogen-bond acceptors (Lipinski definition) is 5. The Morgan fingerprint density at radius 2 is 2.09 bits per heavy atom. The lowest BCUT2D eigenvalue weighted by Crippen LogP contribution is -2.21. The molecule has 3 N–H and O–H groups in total. The van der Waals surface area contributed by atoms with Crippen LogP contribution in [0, 0.1) is 5.82 Å². The number of H-pyrrole nitrogens is 2. The first-order chi connectivity index (χ1) is 10.3. The molecule has 0 saturated heterocycles. The molecule has 0 atom stereocenters. The standard InChI is InChI=1S/C12H16FN5O3S/c1-14-22(20,21)10-5-8(3-4-9(10)13)6-18(2)7-11-15-12(19)17-16-11/h3-5,14H,6-7H2,1-2H3,(H2,15,16,17,19). The molecule has 22 heavy (non-hydrogen) atoms. The van der Waals surface area contributed by atoms with Gasteiger partial charge in [0.2, 0.25) is 10.0 Å². The summed E-state index contributed by atoms with van der Waals surface area (Å²) in [5, 5.41) is 6.04. The van der Waals surface area contributed by atoms with Crippen LogP contribution in [0.25, 0.3) is 0 Å². The lowest BCUT2D eigenvalue weighted by Gasteiger charge is -2.15. The number of hydrogen-bond donors (Lipinski definition) is 3. The molecule has 0 aliphatic carbocycles. The molecule has 0 saturated carbocycles. The minimum absolute atomic E-state index is 0.351. The predicted octanol–water partition coefficient (Wildman–Crippen LogP) is -0.223. The van der Waals surface area contributed by atoms with Crippen molar-refractivity contribution in [3.63, 3.8) is 0 Å². The van der Waals surface area contributed by atoms with E-state index in [0.29, 0.717) is 24.5 Å². The minimum Gasteiger partial charge on any atom is -0.295 e. The highest BCUT2D eigenvalue weighted by Crippen LogP contribution is 2.17. The van der Waals surface area contributed by atoms with Gasteiger partial charge in [-0.25, -0.2) is 27.4 Å². The van der Waals surface area contributed by atoms with E-state index in [1.54, 1.807) is 11.9 Å². The van der Waals surface area contributed by atoms with Crippen molar-refractivity contribution in [2.24, 2.45) is 0 Å². The van der Waals surface area contributed by atoms with Gasteiger partial charge in [0.05, 0.1) is 6.54 Å². The van der Waals surface area contributed by atoms with Crippen molar-refractivity contribution in [3.8, 4) is 0 Å². The highest BCUT2D eigenvalue weighted by molar-refractivity contribution is 7.89. The van der Waals surface area contributed by atoms with Crippen LogP contribution in [-0.2, 0) is 23.1 Å². The van der Waals surface area contributed by atoms with E-state index in [2.05, 4.69) is 19.9 Å². The maximum absolute atomic E-state index is 13.7. The van der Waals surface area contributed by atoms with Gasteiger partial charge < -0.3 is 0 Å². The van der Waals surface area contributed by atoms with Crippen LogP contribution in [0.5, 0.6) is 0 Å². The smallest absolute Gasteiger partial charge is 0.295 e. The molecule has 120 valence electrons. The Morgan fingerprint density at radius 3 is 2.68 bits per heavy atom. The molecule has 0 unspecified atom stereocenters. The monoisotopic (exact) mass is 329 g/mol. The summed E-state index contributed by atoms with van der Waals surface area (Å²) in [7, 11) is -0.861. The molecule has 8 nitrogen and oxygen atoms in total. The predicted molar refractivity (Wildman–Crippen MR) is 77.0 cm³/mol. The summed E-state index contributed by atoms with van der Waals surface area (Å²) in [6, 6.07) is 3.91. The van der Waals surface area contributed by atoms with E-state index in [1.165, 1.54) is 19.2 Å². The van der Waals surface area contributed by atoms with E-state index < -0.39 is 26.4 Å². The topological polar surface area (TPSA) is 111 Å². The Balaban J connectivity index is 2.16. The summed E-state index contributed by atoms with van der Waals surface area (Å²) in [5.74, 6) is -0.352. The molecule has 0 bridgehead atoms.